The summed E-state index contributed by atoms with van der Waals surface area (Å²) in [5, 5.41) is 3.13. The molecule has 1 aliphatic rings. The molecule has 0 bridgehead atoms. The molecule has 4 nitrogen and oxygen atoms in total. The third kappa shape index (κ3) is 4.13. The Kier molecular flexibility index (Phi) is 5.48. The molecule has 1 aliphatic carbocycles. The van der Waals surface area contributed by atoms with E-state index in [0.717, 1.165) is 18.8 Å². The average molecular weight is 291 g/mol. The Labute approximate surface area is 126 Å². The van der Waals surface area contributed by atoms with Crippen molar-refractivity contribution in [1.82, 2.24) is 5.32 Å². The minimum absolute atomic E-state index is 0.0295. The van der Waals surface area contributed by atoms with Crippen LogP contribution < -0.4 is 14.8 Å². The number of amides is 1. The third-order valence-corrected chi connectivity index (χ3v) is 4.08. The van der Waals surface area contributed by atoms with Gasteiger partial charge in [0.1, 0.15) is 0 Å². The molecule has 4 heteroatoms. The highest BCUT2D eigenvalue weighted by Crippen LogP contribution is 2.28. The van der Waals surface area contributed by atoms with E-state index in [1.807, 2.05) is 6.92 Å². The van der Waals surface area contributed by atoms with Gasteiger partial charge in [0.15, 0.2) is 11.5 Å². The van der Waals surface area contributed by atoms with Gasteiger partial charge in [0.2, 0.25) is 0 Å². The summed E-state index contributed by atoms with van der Waals surface area (Å²) in [6.45, 7) is 4.73. The van der Waals surface area contributed by atoms with Gasteiger partial charge in [-0.1, -0.05) is 6.92 Å². The molecule has 0 unspecified atom stereocenters. The highest BCUT2D eigenvalue weighted by atomic mass is 16.5. The predicted molar refractivity (Wildman–Crippen MR) is 83.0 cm³/mol. The van der Waals surface area contributed by atoms with E-state index >= 15 is 0 Å². The molecule has 0 radical (unpaired) electrons. The first-order valence-electron chi connectivity index (χ1n) is 7.75. The topological polar surface area (TPSA) is 47.6 Å². The molecule has 116 valence electrons. The molecule has 2 rings (SSSR count). The molecular formula is C17H25NO3. The molecule has 0 spiro atoms. The zero-order chi connectivity index (χ0) is 15.2. The quantitative estimate of drug-likeness (QED) is 0.904. The van der Waals surface area contributed by atoms with E-state index in [1.54, 1.807) is 25.3 Å². The molecule has 1 amide bonds. The van der Waals surface area contributed by atoms with Gasteiger partial charge in [-0.25, -0.2) is 0 Å². The summed E-state index contributed by atoms with van der Waals surface area (Å²) >= 11 is 0. The van der Waals surface area contributed by atoms with Crippen LogP contribution in [-0.2, 0) is 0 Å². The molecule has 0 saturated heterocycles. The van der Waals surface area contributed by atoms with Crippen molar-refractivity contribution in [2.45, 2.75) is 45.6 Å². The fourth-order valence-electron chi connectivity index (χ4n) is 2.76. The van der Waals surface area contributed by atoms with Gasteiger partial charge in [0.05, 0.1) is 13.7 Å². The maximum Gasteiger partial charge on any atom is 0.251 e. The number of benzene rings is 1. The molecule has 0 aliphatic heterocycles. The molecule has 21 heavy (non-hydrogen) atoms. The highest BCUT2D eigenvalue weighted by molar-refractivity contribution is 5.95. The summed E-state index contributed by atoms with van der Waals surface area (Å²) in [4.78, 5) is 12.3. The van der Waals surface area contributed by atoms with Gasteiger partial charge in [-0.3, -0.25) is 4.79 Å². The van der Waals surface area contributed by atoms with E-state index in [1.165, 1.54) is 12.8 Å². The van der Waals surface area contributed by atoms with Crippen molar-refractivity contribution in [3.05, 3.63) is 23.8 Å². The monoisotopic (exact) mass is 291 g/mol. The first kappa shape index (κ1) is 15.7. The Morgan fingerprint density at radius 2 is 1.95 bits per heavy atom. The van der Waals surface area contributed by atoms with Crippen LogP contribution in [0.5, 0.6) is 11.5 Å². The summed E-state index contributed by atoms with van der Waals surface area (Å²) in [6, 6.07) is 5.61. The summed E-state index contributed by atoms with van der Waals surface area (Å²) < 4.78 is 10.8. The lowest BCUT2D eigenvalue weighted by Gasteiger charge is -2.27. The van der Waals surface area contributed by atoms with E-state index in [9.17, 15) is 4.79 Å². The van der Waals surface area contributed by atoms with Gasteiger partial charge in [-0.2, -0.15) is 0 Å². The minimum atomic E-state index is -0.0295. The van der Waals surface area contributed by atoms with Crippen molar-refractivity contribution >= 4 is 5.91 Å². The normalized spacial score (nSPS) is 21.7. The van der Waals surface area contributed by atoms with Crippen LogP contribution in [0.4, 0.5) is 0 Å². The smallest absolute Gasteiger partial charge is 0.251 e. The van der Waals surface area contributed by atoms with E-state index < -0.39 is 0 Å². The van der Waals surface area contributed by atoms with Crippen LogP contribution in [0.2, 0.25) is 0 Å². The van der Waals surface area contributed by atoms with Crippen LogP contribution >= 0.6 is 0 Å². The zero-order valence-electron chi connectivity index (χ0n) is 13.1. The Morgan fingerprint density at radius 1 is 1.24 bits per heavy atom. The molecular weight excluding hydrogens is 266 g/mol. The largest absolute Gasteiger partial charge is 0.493 e. The first-order valence-corrected chi connectivity index (χ1v) is 7.75. The van der Waals surface area contributed by atoms with E-state index in [2.05, 4.69) is 12.2 Å². The number of ether oxygens (including phenoxy) is 2. The predicted octanol–water partition coefficient (Wildman–Crippen LogP) is 3.40. The SMILES string of the molecule is CCOc1cc(C(=O)NC2CCC(C)CC2)ccc1OC. The molecule has 1 aromatic rings. The van der Waals surface area contributed by atoms with Gasteiger partial charge in [-0.05, 0) is 56.7 Å². The van der Waals surface area contributed by atoms with E-state index in [0.29, 0.717) is 29.7 Å². The number of nitrogens with one attached hydrogen (secondary N) is 1. The van der Waals surface area contributed by atoms with Crippen molar-refractivity contribution in [3.8, 4) is 11.5 Å². The fraction of sp³-hybridized carbons (Fsp3) is 0.588. The lowest BCUT2D eigenvalue weighted by atomic mass is 9.87. The third-order valence-electron chi connectivity index (χ3n) is 4.08. The number of carbonyl (C=O) groups is 1. The maximum atomic E-state index is 12.3. The fourth-order valence-corrected chi connectivity index (χ4v) is 2.76. The van der Waals surface area contributed by atoms with Gasteiger partial charge in [0.25, 0.3) is 5.91 Å². The maximum absolute atomic E-state index is 12.3. The van der Waals surface area contributed by atoms with E-state index in [4.69, 9.17) is 9.47 Å². The van der Waals surface area contributed by atoms with Crippen LogP contribution in [0.25, 0.3) is 0 Å². The van der Waals surface area contributed by atoms with Crippen molar-refractivity contribution in [2.24, 2.45) is 5.92 Å². The van der Waals surface area contributed by atoms with Crippen molar-refractivity contribution in [3.63, 3.8) is 0 Å². The molecule has 0 aromatic heterocycles. The van der Waals surface area contributed by atoms with Gasteiger partial charge < -0.3 is 14.8 Å². The van der Waals surface area contributed by atoms with E-state index in [-0.39, 0.29) is 5.91 Å². The van der Waals surface area contributed by atoms with Gasteiger partial charge >= 0.3 is 0 Å². The molecule has 1 fully saturated rings. The standard InChI is InChI=1S/C17H25NO3/c1-4-21-16-11-13(7-10-15(16)20-3)17(19)18-14-8-5-12(2)6-9-14/h7,10-12,14H,4-6,8-9H2,1-3H3,(H,18,19). The van der Waals surface area contributed by atoms with Crippen LogP contribution in [0.15, 0.2) is 18.2 Å². The number of hydrogen-bond donors (Lipinski definition) is 1. The lowest BCUT2D eigenvalue weighted by Crippen LogP contribution is -2.37. The molecule has 1 N–H and O–H groups in total. The Balaban J connectivity index is 2.03. The second-order valence-corrected chi connectivity index (χ2v) is 5.73. The summed E-state index contributed by atoms with van der Waals surface area (Å²) in [7, 11) is 1.60. The summed E-state index contributed by atoms with van der Waals surface area (Å²) in [5.74, 6) is 2.02. The van der Waals surface area contributed by atoms with Crippen LogP contribution in [-0.4, -0.2) is 25.7 Å². The number of carbonyl (C=O) groups excluding carboxylic acids is 1. The van der Waals surface area contributed by atoms with Crippen molar-refractivity contribution in [2.75, 3.05) is 13.7 Å². The molecule has 1 aromatic carbocycles. The molecule has 0 heterocycles. The first-order chi connectivity index (χ1) is 10.1. The number of methoxy groups -OCH3 is 1. The van der Waals surface area contributed by atoms with Gasteiger partial charge in [0, 0.05) is 11.6 Å². The average Bonchev–Trinajstić information content (AvgIpc) is 2.50. The summed E-state index contributed by atoms with van der Waals surface area (Å²) in [5.41, 5.74) is 0.623. The Morgan fingerprint density at radius 3 is 2.57 bits per heavy atom. The van der Waals surface area contributed by atoms with Crippen LogP contribution in [0, 0.1) is 5.92 Å². The minimum Gasteiger partial charge on any atom is -0.493 e. The Hall–Kier alpha value is -1.71. The second kappa shape index (κ2) is 7.34. The van der Waals surface area contributed by atoms with Crippen LogP contribution in [0.1, 0.15) is 49.9 Å². The van der Waals surface area contributed by atoms with Crippen molar-refractivity contribution in [1.29, 1.82) is 0 Å². The van der Waals surface area contributed by atoms with Crippen molar-refractivity contribution < 1.29 is 14.3 Å². The number of rotatable bonds is 5. The van der Waals surface area contributed by atoms with Crippen LogP contribution in [0.3, 0.4) is 0 Å². The lowest BCUT2D eigenvalue weighted by molar-refractivity contribution is 0.0922. The van der Waals surface area contributed by atoms with Gasteiger partial charge in [-0.15, -0.1) is 0 Å². The zero-order valence-corrected chi connectivity index (χ0v) is 13.1. The highest BCUT2D eigenvalue weighted by Gasteiger charge is 2.20. The second-order valence-electron chi connectivity index (χ2n) is 5.73. The molecule has 0 atom stereocenters. The number of hydrogen-bond acceptors (Lipinski definition) is 3. The Bertz CT molecular complexity index is 479. The summed E-state index contributed by atoms with van der Waals surface area (Å²) in [6.07, 6.45) is 4.53. The molecule has 1 saturated carbocycles.